The standard InChI is InChI=1S/C12H13NO5.Na.H/c14-10(15)7-6-9(12(17)18)13-11(16)8-4-2-1-3-5-8;;/h1-5,9H,6-7H2,(H,13,16)(H,14,15)(H,17,18);;/q;+1;-1. The zero-order valence-electron chi connectivity index (χ0n) is 11.5. The molecule has 7 heteroatoms. The fraction of sp³-hybridized carbons (Fsp3) is 0.250. The van der Waals surface area contributed by atoms with Gasteiger partial charge in [-0.3, -0.25) is 9.59 Å². The first-order valence-corrected chi connectivity index (χ1v) is 5.31. The van der Waals surface area contributed by atoms with Crippen LogP contribution in [0.3, 0.4) is 0 Å². The summed E-state index contributed by atoms with van der Waals surface area (Å²) < 4.78 is 0. The largest absolute Gasteiger partial charge is 1.00 e. The summed E-state index contributed by atoms with van der Waals surface area (Å²) in [6, 6.07) is 6.94. The number of carbonyl (C=O) groups is 3. The van der Waals surface area contributed by atoms with Crippen molar-refractivity contribution in [1.29, 1.82) is 0 Å². The molecule has 6 nitrogen and oxygen atoms in total. The van der Waals surface area contributed by atoms with Gasteiger partial charge in [0.15, 0.2) is 0 Å². The Labute approximate surface area is 133 Å². The molecule has 0 heterocycles. The Morgan fingerprint density at radius 3 is 2.21 bits per heavy atom. The maximum atomic E-state index is 11.7. The summed E-state index contributed by atoms with van der Waals surface area (Å²) in [4.78, 5) is 32.9. The van der Waals surface area contributed by atoms with E-state index in [1.807, 2.05) is 0 Å². The fourth-order valence-electron chi connectivity index (χ4n) is 1.36. The average molecular weight is 275 g/mol. The molecule has 0 spiro atoms. The van der Waals surface area contributed by atoms with Crippen molar-refractivity contribution >= 4 is 17.8 Å². The van der Waals surface area contributed by atoms with Gasteiger partial charge in [0.05, 0.1) is 0 Å². The summed E-state index contributed by atoms with van der Waals surface area (Å²) in [5, 5.41) is 19.7. The van der Waals surface area contributed by atoms with Crippen LogP contribution in [0.2, 0.25) is 0 Å². The number of benzene rings is 1. The molecule has 1 amide bonds. The molecular formula is C12H14NNaO5. The molecule has 0 aliphatic carbocycles. The van der Waals surface area contributed by atoms with E-state index in [0.717, 1.165) is 0 Å². The van der Waals surface area contributed by atoms with Crippen LogP contribution < -0.4 is 34.9 Å². The van der Waals surface area contributed by atoms with Gasteiger partial charge in [0.2, 0.25) is 0 Å². The van der Waals surface area contributed by atoms with Gasteiger partial charge in [0, 0.05) is 12.0 Å². The van der Waals surface area contributed by atoms with E-state index < -0.39 is 23.9 Å². The van der Waals surface area contributed by atoms with E-state index in [1.54, 1.807) is 30.3 Å². The van der Waals surface area contributed by atoms with Crippen LogP contribution in [0.5, 0.6) is 0 Å². The first-order chi connectivity index (χ1) is 8.50. The number of hydrogen-bond donors (Lipinski definition) is 3. The van der Waals surface area contributed by atoms with Crippen LogP contribution >= 0.6 is 0 Å². The molecule has 0 aromatic heterocycles. The molecular weight excluding hydrogens is 261 g/mol. The van der Waals surface area contributed by atoms with Crippen molar-refractivity contribution in [1.82, 2.24) is 5.32 Å². The molecule has 1 aromatic rings. The monoisotopic (exact) mass is 275 g/mol. The van der Waals surface area contributed by atoms with Crippen LogP contribution in [0.1, 0.15) is 24.6 Å². The minimum atomic E-state index is -1.25. The summed E-state index contributed by atoms with van der Waals surface area (Å²) in [6.07, 6.45) is -0.463. The molecule has 0 saturated carbocycles. The van der Waals surface area contributed by atoms with Gasteiger partial charge in [-0.2, -0.15) is 0 Å². The van der Waals surface area contributed by atoms with Crippen molar-refractivity contribution in [2.45, 2.75) is 18.9 Å². The number of carboxylic acid groups (broad SMARTS) is 2. The number of nitrogens with one attached hydrogen (secondary N) is 1. The second-order valence-electron chi connectivity index (χ2n) is 3.66. The Bertz CT molecular complexity index is 454. The molecule has 1 unspecified atom stereocenters. The van der Waals surface area contributed by atoms with Crippen LogP contribution in [-0.4, -0.2) is 34.1 Å². The Morgan fingerprint density at radius 2 is 1.74 bits per heavy atom. The van der Waals surface area contributed by atoms with Crippen molar-refractivity contribution in [2.75, 3.05) is 0 Å². The topological polar surface area (TPSA) is 104 Å². The molecule has 19 heavy (non-hydrogen) atoms. The van der Waals surface area contributed by atoms with Gasteiger partial charge in [-0.25, -0.2) is 4.79 Å². The molecule has 0 fully saturated rings. The van der Waals surface area contributed by atoms with Gasteiger partial charge in [-0.15, -0.1) is 0 Å². The smallest absolute Gasteiger partial charge is 1.00 e. The van der Waals surface area contributed by atoms with Crippen LogP contribution in [0.15, 0.2) is 30.3 Å². The van der Waals surface area contributed by atoms with Crippen molar-refractivity contribution in [3.05, 3.63) is 35.9 Å². The number of aliphatic carboxylic acids is 2. The zero-order chi connectivity index (χ0) is 13.5. The van der Waals surface area contributed by atoms with E-state index >= 15 is 0 Å². The Balaban J connectivity index is 0. The predicted octanol–water partition coefficient (Wildman–Crippen LogP) is -2.15. The first kappa shape index (κ1) is 17.6. The Kier molecular flexibility index (Phi) is 8.06. The quantitative estimate of drug-likeness (QED) is 0.514. The summed E-state index contributed by atoms with van der Waals surface area (Å²) in [6.45, 7) is 0. The molecule has 0 bridgehead atoms. The molecule has 1 rings (SSSR count). The van der Waals surface area contributed by atoms with Crippen molar-refractivity contribution < 1.29 is 55.6 Å². The number of amides is 1. The Morgan fingerprint density at radius 1 is 1.16 bits per heavy atom. The maximum Gasteiger partial charge on any atom is 1.00 e. The van der Waals surface area contributed by atoms with Crippen LogP contribution in [-0.2, 0) is 9.59 Å². The number of carbonyl (C=O) groups excluding carboxylic acids is 1. The SMILES string of the molecule is O=C(O)CCC(NC(=O)c1ccccc1)C(=O)O.[H-].[Na+]. The number of rotatable bonds is 6. The second-order valence-corrected chi connectivity index (χ2v) is 3.66. The summed E-state index contributed by atoms with van der Waals surface area (Å²) in [7, 11) is 0. The molecule has 0 aliphatic rings. The van der Waals surface area contributed by atoms with E-state index in [4.69, 9.17) is 10.2 Å². The Hall–Kier alpha value is -1.37. The molecule has 1 aromatic carbocycles. The average Bonchev–Trinajstić information content (AvgIpc) is 2.34. The summed E-state index contributed by atoms with van der Waals surface area (Å²) in [5.74, 6) is -2.89. The zero-order valence-corrected chi connectivity index (χ0v) is 12.5. The predicted molar refractivity (Wildman–Crippen MR) is 63.3 cm³/mol. The molecule has 1 atom stereocenters. The molecule has 0 saturated heterocycles. The van der Waals surface area contributed by atoms with Gasteiger partial charge >= 0.3 is 41.5 Å². The normalized spacial score (nSPS) is 10.9. The summed E-state index contributed by atoms with van der Waals surface area (Å²) in [5.41, 5.74) is 0.332. The van der Waals surface area contributed by atoms with E-state index in [-0.39, 0.29) is 43.8 Å². The second kappa shape index (κ2) is 8.68. The fourth-order valence-corrected chi connectivity index (χ4v) is 1.36. The minimum absolute atomic E-state index is 0. The third-order valence-corrected chi connectivity index (χ3v) is 2.29. The summed E-state index contributed by atoms with van der Waals surface area (Å²) >= 11 is 0. The molecule has 0 aliphatic heterocycles. The third kappa shape index (κ3) is 6.37. The maximum absolute atomic E-state index is 11.7. The van der Waals surface area contributed by atoms with Gasteiger partial charge in [-0.1, -0.05) is 18.2 Å². The minimum Gasteiger partial charge on any atom is -1.00 e. The molecule has 3 N–H and O–H groups in total. The van der Waals surface area contributed by atoms with E-state index in [2.05, 4.69) is 5.32 Å². The van der Waals surface area contributed by atoms with Crippen molar-refractivity contribution in [3.63, 3.8) is 0 Å². The van der Waals surface area contributed by atoms with Crippen LogP contribution in [0.4, 0.5) is 0 Å². The van der Waals surface area contributed by atoms with E-state index in [9.17, 15) is 14.4 Å². The van der Waals surface area contributed by atoms with Gasteiger partial charge < -0.3 is 17.0 Å². The van der Waals surface area contributed by atoms with Crippen molar-refractivity contribution in [2.24, 2.45) is 0 Å². The van der Waals surface area contributed by atoms with Crippen LogP contribution in [0.25, 0.3) is 0 Å². The van der Waals surface area contributed by atoms with Gasteiger partial charge in [0.1, 0.15) is 6.04 Å². The molecule has 98 valence electrons. The van der Waals surface area contributed by atoms with Crippen LogP contribution in [0, 0.1) is 0 Å². The van der Waals surface area contributed by atoms with E-state index in [0.29, 0.717) is 5.56 Å². The van der Waals surface area contributed by atoms with Gasteiger partial charge in [-0.05, 0) is 18.6 Å². The number of hydrogen-bond acceptors (Lipinski definition) is 3. The third-order valence-electron chi connectivity index (χ3n) is 2.29. The number of carboxylic acids is 2. The van der Waals surface area contributed by atoms with E-state index in [1.165, 1.54) is 0 Å². The first-order valence-electron chi connectivity index (χ1n) is 5.31. The van der Waals surface area contributed by atoms with Gasteiger partial charge in [0.25, 0.3) is 5.91 Å². The van der Waals surface area contributed by atoms with Crippen molar-refractivity contribution in [3.8, 4) is 0 Å². The molecule has 0 radical (unpaired) electrons.